The Bertz CT molecular complexity index is 362. The average Bonchev–Trinajstić information content (AvgIpc) is 2.16. The second kappa shape index (κ2) is 3.72. The maximum atomic E-state index is 9.67. The number of hydrogen-bond acceptors (Lipinski definition) is 4. The number of hydrogen-bond donors (Lipinski definition) is 3. The average molecular weight is 208 g/mol. The molecule has 0 aliphatic carbocycles. The fourth-order valence-electron chi connectivity index (χ4n) is 1.94. The lowest BCUT2D eigenvalue weighted by atomic mass is 10.00. The van der Waals surface area contributed by atoms with E-state index in [0.717, 1.165) is 18.7 Å². The van der Waals surface area contributed by atoms with Crippen LogP contribution in [0.3, 0.4) is 0 Å². The van der Waals surface area contributed by atoms with Gasteiger partial charge in [0, 0.05) is 30.7 Å². The number of phenols is 2. The summed E-state index contributed by atoms with van der Waals surface area (Å²) in [4.78, 5) is 2.17. The summed E-state index contributed by atoms with van der Waals surface area (Å²) in [5.74, 6) is 0.403. The van der Waals surface area contributed by atoms with Crippen molar-refractivity contribution >= 4 is 0 Å². The van der Waals surface area contributed by atoms with Crippen LogP contribution >= 0.6 is 0 Å². The van der Waals surface area contributed by atoms with Gasteiger partial charge >= 0.3 is 0 Å². The molecule has 0 amide bonds. The van der Waals surface area contributed by atoms with Gasteiger partial charge in [0.1, 0.15) is 11.5 Å². The Kier molecular flexibility index (Phi) is 2.54. The smallest absolute Gasteiger partial charge is 0.120 e. The quantitative estimate of drug-likeness (QED) is 0.629. The summed E-state index contributed by atoms with van der Waals surface area (Å²) in [6.07, 6.45) is 0. The molecule has 0 radical (unpaired) electrons. The summed E-state index contributed by atoms with van der Waals surface area (Å²) in [6.45, 7) is 3.69. The van der Waals surface area contributed by atoms with E-state index in [2.05, 4.69) is 4.90 Å². The first-order valence-electron chi connectivity index (χ1n) is 5.09. The van der Waals surface area contributed by atoms with E-state index in [1.54, 1.807) is 6.07 Å². The van der Waals surface area contributed by atoms with E-state index in [9.17, 15) is 10.2 Å². The van der Waals surface area contributed by atoms with E-state index in [1.807, 2.05) is 6.92 Å². The van der Waals surface area contributed by atoms with Gasteiger partial charge in [0.25, 0.3) is 0 Å². The fourth-order valence-corrected chi connectivity index (χ4v) is 1.94. The second-order valence-electron chi connectivity index (χ2n) is 4.13. The maximum absolute atomic E-state index is 9.67. The van der Waals surface area contributed by atoms with Crippen molar-refractivity contribution in [3.05, 3.63) is 23.8 Å². The zero-order valence-corrected chi connectivity index (χ0v) is 8.72. The van der Waals surface area contributed by atoms with Gasteiger partial charge in [0.15, 0.2) is 0 Å². The molecule has 1 fully saturated rings. The first-order valence-corrected chi connectivity index (χ1v) is 5.09. The van der Waals surface area contributed by atoms with Gasteiger partial charge in [-0.25, -0.2) is 0 Å². The first-order chi connectivity index (χ1) is 7.08. The fraction of sp³-hybridized carbons (Fsp3) is 0.455. The Morgan fingerprint density at radius 2 is 2.07 bits per heavy atom. The van der Waals surface area contributed by atoms with Gasteiger partial charge in [-0.3, -0.25) is 4.90 Å². The van der Waals surface area contributed by atoms with E-state index < -0.39 is 0 Å². The van der Waals surface area contributed by atoms with Gasteiger partial charge in [0.2, 0.25) is 0 Å². The van der Waals surface area contributed by atoms with Crippen LogP contribution in [-0.4, -0.2) is 34.2 Å². The molecular formula is C11H16N2O2. The minimum Gasteiger partial charge on any atom is -0.508 e. The van der Waals surface area contributed by atoms with Crippen LogP contribution in [0.15, 0.2) is 18.2 Å². The molecule has 0 bridgehead atoms. The van der Waals surface area contributed by atoms with Gasteiger partial charge in [0.05, 0.1) is 0 Å². The molecule has 82 valence electrons. The molecule has 0 aromatic heterocycles. The normalized spacial score (nSPS) is 19.9. The lowest BCUT2D eigenvalue weighted by Gasteiger charge is -2.41. The monoisotopic (exact) mass is 208 g/mol. The molecule has 1 aromatic carbocycles. The predicted molar refractivity (Wildman–Crippen MR) is 57.7 cm³/mol. The van der Waals surface area contributed by atoms with Crippen LogP contribution < -0.4 is 5.73 Å². The van der Waals surface area contributed by atoms with Crippen LogP contribution in [0.1, 0.15) is 18.5 Å². The van der Waals surface area contributed by atoms with Crippen molar-refractivity contribution in [3.63, 3.8) is 0 Å². The molecule has 1 unspecified atom stereocenters. The molecule has 4 N–H and O–H groups in total. The largest absolute Gasteiger partial charge is 0.508 e. The van der Waals surface area contributed by atoms with Crippen molar-refractivity contribution in [3.8, 4) is 11.5 Å². The molecule has 4 heteroatoms. The highest BCUT2D eigenvalue weighted by atomic mass is 16.3. The summed E-state index contributed by atoms with van der Waals surface area (Å²) in [5, 5.41) is 19.0. The Morgan fingerprint density at radius 1 is 1.40 bits per heavy atom. The Morgan fingerprint density at radius 3 is 2.67 bits per heavy atom. The SMILES string of the molecule is CC(c1cc(O)ccc1O)N1CC(N)C1. The minimum atomic E-state index is 0.0944. The summed E-state index contributed by atoms with van der Waals surface area (Å²) in [7, 11) is 0. The van der Waals surface area contributed by atoms with Gasteiger partial charge in [-0.1, -0.05) is 0 Å². The van der Waals surface area contributed by atoms with Crippen LogP contribution in [0.5, 0.6) is 11.5 Å². The van der Waals surface area contributed by atoms with E-state index in [0.29, 0.717) is 0 Å². The van der Waals surface area contributed by atoms with Gasteiger partial charge in [-0.05, 0) is 25.1 Å². The number of likely N-dealkylation sites (tertiary alicyclic amines) is 1. The molecule has 1 aliphatic heterocycles. The summed E-state index contributed by atoms with van der Waals surface area (Å²) < 4.78 is 0. The topological polar surface area (TPSA) is 69.7 Å². The van der Waals surface area contributed by atoms with Crippen molar-refractivity contribution in [2.45, 2.75) is 19.0 Å². The highest BCUT2D eigenvalue weighted by molar-refractivity contribution is 5.40. The molecule has 4 nitrogen and oxygen atoms in total. The second-order valence-corrected chi connectivity index (χ2v) is 4.13. The number of phenolic OH excluding ortho intramolecular Hbond substituents is 2. The van der Waals surface area contributed by atoms with E-state index in [-0.39, 0.29) is 23.6 Å². The van der Waals surface area contributed by atoms with E-state index in [4.69, 9.17) is 5.73 Å². The van der Waals surface area contributed by atoms with Gasteiger partial charge in [-0.2, -0.15) is 0 Å². The van der Waals surface area contributed by atoms with E-state index >= 15 is 0 Å². The third kappa shape index (κ3) is 1.91. The van der Waals surface area contributed by atoms with Crippen LogP contribution in [0.4, 0.5) is 0 Å². The van der Waals surface area contributed by atoms with Crippen molar-refractivity contribution in [2.75, 3.05) is 13.1 Å². The minimum absolute atomic E-state index is 0.0944. The van der Waals surface area contributed by atoms with Crippen LogP contribution in [0.2, 0.25) is 0 Å². The lowest BCUT2D eigenvalue weighted by molar-refractivity contribution is 0.102. The molecule has 0 spiro atoms. The van der Waals surface area contributed by atoms with Gasteiger partial charge in [-0.15, -0.1) is 0 Å². The van der Waals surface area contributed by atoms with Crippen molar-refractivity contribution in [1.82, 2.24) is 4.90 Å². The highest BCUT2D eigenvalue weighted by Gasteiger charge is 2.29. The molecular weight excluding hydrogens is 192 g/mol. The first kappa shape index (κ1) is 10.3. The van der Waals surface area contributed by atoms with Crippen molar-refractivity contribution in [1.29, 1.82) is 0 Å². The summed E-state index contributed by atoms with van der Waals surface area (Å²) in [5.41, 5.74) is 6.45. The number of nitrogens with zero attached hydrogens (tertiary/aromatic N) is 1. The molecule has 1 saturated heterocycles. The molecule has 2 rings (SSSR count). The molecule has 1 atom stereocenters. The van der Waals surface area contributed by atoms with Crippen molar-refractivity contribution in [2.24, 2.45) is 5.73 Å². The summed E-state index contributed by atoms with van der Waals surface area (Å²) in [6, 6.07) is 4.93. The molecule has 15 heavy (non-hydrogen) atoms. The number of benzene rings is 1. The van der Waals surface area contributed by atoms with Crippen molar-refractivity contribution < 1.29 is 10.2 Å². The number of aromatic hydroxyl groups is 2. The number of nitrogens with two attached hydrogens (primary N) is 1. The molecule has 0 saturated carbocycles. The molecule has 1 aromatic rings. The standard InChI is InChI=1S/C11H16N2O2/c1-7(13-5-8(12)6-13)10-4-9(14)2-3-11(10)15/h2-4,7-8,14-15H,5-6,12H2,1H3. The highest BCUT2D eigenvalue weighted by Crippen LogP contribution is 2.33. The third-order valence-corrected chi connectivity index (χ3v) is 2.95. The Hall–Kier alpha value is -1.26. The lowest BCUT2D eigenvalue weighted by Crippen LogP contribution is -2.56. The number of rotatable bonds is 2. The van der Waals surface area contributed by atoms with Crippen LogP contribution in [-0.2, 0) is 0 Å². The van der Waals surface area contributed by atoms with Crippen LogP contribution in [0, 0.1) is 0 Å². The maximum Gasteiger partial charge on any atom is 0.120 e. The third-order valence-electron chi connectivity index (χ3n) is 2.95. The summed E-state index contributed by atoms with van der Waals surface area (Å²) >= 11 is 0. The molecule has 1 aliphatic rings. The predicted octanol–water partition coefficient (Wildman–Crippen LogP) is 0.802. The zero-order valence-electron chi connectivity index (χ0n) is 8.72. The zero-order chi connectivity index (χ0) is 11.0. The van der Waals surface area contributed by atoms with E-state index in [1.165, 1.54) is 12.1 Å². The van der Waals surface area contributed by atoms with Gasteiger partial charge < -0.3 is 15.9 Å². The Balaban J connectivity index is 2.17. The van der Waals surface area contributed by atoms with Crippen LogP contribution in [0.25, 0.3) is 0 Å². The molecule has 1 heterocycles. The Labute approximate surface area is 88.9 Å².